The van der Waals surface area contributed by atoms with Crippen molar-refractivity contribution in [1.82, 2.24) is 15.1 Å². The minimum atomic E-state index is 0. The van der Waals surface area contributed by atoms with E-state index < -0.39 is 0 Å². The molecule has 0 spiro atoms. The van der Waals surface area contributed by atoms with E-state index in [-0.39, 0.29) is 29.5 Å². The highest BCUT2D eigenvalue weighted by Gasteiger charge is 2.35. The zero-order valence-electron chi connectivity index (χ0n) is 18.1. The Morgan fingerprint density at radius 1 is 1.14 bits per heavy atom. The summed E-state index contributed by atoms with van der Waals surface area (Å²) in [6, 6.07) is 0. The molecule has 164 valence electrons. The summed E-state index contributed by atoms with van der Waals surface area (Å²) in [5.74, 6) is 1.86. The van der Waals surface area contributed by atoms with Crippen LogP contribution in [0.2, 0.25) is 0 Å². The molecule has 7 heteroatoms. The van der Waals surface area contributed by atoms with Crippen LogP contribution in [0.3, 0.4) is 0 Å². The number of guanidine groups is 1. The highest BCUT2D eigenvalue weighted by Crippen LogP contribution is 2.27. The van der Waals surface area contributed by atoms with Crippen molar-refractivity contribution in [2.45, 2.75) is 63.0 Å². The third-order valence-corrected chi connectivity index (χ3v) is 6.94. The molecule has 0 unspecified atom stereocenters. The Morgan fingerprint density at radius 3 is 2.36 bits per heavy atom. The van der Waals surface area contributed by atoms with E-state index in [2.05, 4.69) is 34.2 Å². The maximum Gasteiger partial charge on any atom is 0.193 e. The van der Waals surface area contributed by atoms with Gasteiger partial charge in [-0.2, -0.15) is 0 Å². The summed E-state index contributed by atoms with van der Waals surface area (Å²) in [6.45, 7) is 5.67. The van der Waals surface area contributed by atoms with Gasteiger partial charge in [0.2, 0.25) is 0 Å². The average molecular weight is 508 g/mol. The van der Waals surface area contributed by atoms with Gasteiger partial charge in [0.15, 0.2) is 5.96 Å². The molecule has 0 bridgehead atoms. The van der Waals surface area contributed by atoms with E-state index in [0.717, 1.165) is 77.0 Å². The Morgan fingerprint density at radius 2 is 1.79 bits per heavy atom. The van der Waals surface area contributed by atoms with Crippen LogP contribution in [0.1, 0.15) is 51.4 Å². The van der Waals surface area contributed by atoms with Crippen LogP contribution in [0.4, 0.5) is 0 Å². The first-order valence-electron chi connectivity index (χ1n) is 11.0. The van der Waals surface area contributed by atoms with Crippen molar-refractivity contribution in [1.29, 1.82) is 0 Å². The molecule has 0 radical (unpaired) electrons. The van der Waals surface area contributed by atoms with Gasteiger partial charge in [-0.05, 0) is 58.5 Å². The van der Waals surface area contributed by atoms with Crippen molar-refractivity contribution in [3.8, 4) is 0 Å². The average Bonchev–Trinajstić information content (AvgIpc) is 3.22. The molecule has 2 aliphatic heterocycles. The highest BCUT2D eigenvalue weighted by atomic mass is 127. The second-order valence-corrected chi connectivity index (χ2v) is 8.80. The topological polar surface area (TPSA) is 49.3 Å². The molecule has 1 aliphatic carbocycles. The van der Waals surface area contributed by atoms with Gasteiger partial charge in [0.1, 0.15) is 0 Å². The first-order chi connectivity index (χ1) is 13.1. The summed E-state index contributed by atoms with van der Waals surface area (Å²) in [5.41, 5.74) is 0.164. The number of hydrogen-bond donors (Lipinski definition) is 1. The summed E-state index contributed by atoms with van der Waals surface area (Å²) in [7, 11) is 6.27. The third-order valence-electron chi connectivity index (χ3n) is 6.94. The molecule has 1 N–H and O–H groups in total. The monoisotopic (exact) mass is 508 g/mol. The van der Waals surface area contributed by atoms with Gasteiger partial charge in [0.05, 0.1) is 6.10 Å². The lowest BCUT2D eigenvalue weighted by atomic mass is 9.88. The number of halogens is 1. The molecule has 0 aromatic rings. The van der Waals surface area contributed by atoms with Gasteiger partial charge in [-0.15, -0.1) is 24.0 Å². The number of rotatable bonds is 6. The number of likely N-dealkylation sites (tertiary alicyclic amines) is 1. The van der Waals surface area contributed by atoms with Crippen LogP contribution in [0.5, 0.6) is 0 Å². The smallest absolute Gasteiger partial charge is 0.193 e. The Balaban J connectivity index is 0.00000280. The van der Waals surface area contributed by atoms with Gasteiger partial charge in [-0.3, -0.25) is 4.99 Å². The summed E-state index contributed by atoms with van der Waals surface area (Å²) in [6.07, 6.45) is 10.3. The van der Waals surface area contributed by atoms with Crippen LogP contribution < -0.4 is 5.32 Å². The van der Waals surface area contributed by atoms with Crippen LogP contribution in [-0.2, 0) is 9.47 Å². The highest BCUT2D eigenvalue weighted by molar-refractivity contribution is 14.0. The number of nitrogens with zero attached hydrogens (tertiary/aromatic N) is 3. The molecule has 2 saturated heterocycles. The quantitative estimate of drug-likeness (QED) is 0.340. The normalized spacial score (nSPS) is 24.4. The van der Waals surface area contributed by atoms with Crippen molar-refractivity contribution in [2.24, 2.45) is 10.9 Å². The lowest BCUT2D eigenvalue weighted by Gasteiger charge is -2.44. The maximum absolute atomic E-state index is 6.22. The first-order valence-corrected chi connectivity index (χ1v) is 11.0. The lowest BCUT2D eigenvalue weighted by Crippen LogP contribution is -2.58. The molecule has 0 amide bonds. The molecular formula is C21H41IN4O2. The fraction of sp³-hybridized carbons (Fsp3) is 0.952. The second kappa shape index (κ2) is 11.9. The van der Waals surface area contributed by atoms with Crippen molar-refractivity contribution < 1.29 is 9.47 Å². The predicted octanol–water partition coefficient (Wildman–Crippen LogP) is 2.96. The van der Waals surface area contributed by atoms with Crippen molar-refractivity contribution in [2.75, 3.05) is 60.6 Å². The van der Waals surface area contributed by atoms with Gasteiger partial charge in [-0.1, -0.05) is 12.8 Å². The minimum Gasteiger partial charge on any atom is -0.381 e. The van der Waals surface area contributed by atoms with Crippen molar-refractivity contribution in [3.63, 3.8) is 0 Å². The number of ether oxygens (including phenoxy) is 2. The molecule has 0 atom stereocenters. The summed E-state index contributed by atoms with van der Waals surface area (Å²) >= 11 is 0. The van der Waals surface area contributed by atoms with Crippen LogP contribution >= 0.6 is 24.0 Å². The summed E-state index contributed by atoms with van der Waals surface area (Å²) in [4.78, 5) is 9.32. The predicted molar refractivity (Wildman–Crippen MR) is 126 cm³/mol. The molecule has 0 aromatic carbocycles. The zero-order chi connectivity index (χ0) is 19.1. The van der Waals surface area contributed by atoms with Gasteiger partial charge in [0.25, 0.3) is 0 Å². The van der Waals surface area contributed by atoms with E-state index in [1.54, 1.807) is 0 Å². The molecule has 28 heavy (non-hydrogen) atoms. The molecule has 6 nitrogen and oxygen atoms in total. The minimum absolute atomic E-state index is 0. The van der Waals surface area contributed by atoms with E-state index in [1.807, 2.05) is 7.05 Å². The Kier molecular flexibility index (Phi) is 10.3. The number of nitrogens with one attached hydrogen (secondary N) is 1. The summed E-state index contributed by atoms with van der Waals surface area (Å²) in [5, 5.41) is 3.66. The van der Waals surface area contributed by atoms with Crippen LogP contribution in [0.25, 0.3) is 0 Å². The summed E-state index contributed by atoms with van der Waals surface area (Å²) < 4.78 is 11.8. The van der Waals surface area contributed by atoms with Crippen LogP contribution in [0, 0.1) is 5.92 Å². The largest absolute Gasteiger partial charge is 0.381 e. The zero-order valence-corrected chi connectivity index (χ0v) is 20.5. The Bertz CT molecular complexity index is 469. The molecule has 3 fully saturated rings. The van der Waals surface area contributed by atoms with Crippen LogP contribution in [-0.4, -0.2) is 88.0 Å². The first kappa shape index (κ1) is 24.2. The SMILES string of the molecule is CN=C(NCC1(N(C)C)CCOCC1)N1CCC(OCC2CCCC2)CC1.I. The fourth-order valence-corrected chi connectivity index (χ4v) is 4.79. The lowest BCUT2D eigenvalue weighted by molar-refractivity contribution is -0.00685. The van der Waals surface area contributed by atoms with Crippen molar-refractivity contribution >= 4 is 29.9 Å². The van der Waals surface area contributed by atoms with Crippen molar-refractivity contribution in [3.05, 3.63) is 0 Å². The van der Waals surface area contributed by atoms with E-state index in [0.29, 0.717) is 6.10 Å². The van der Waals surface area contributed by atoms with E-state index >= 15 is 0 Å². The van der Waals surface area contributed by atoms with E-state index in [9.17, 15) is 0 Å². The van der Waals surface area contributed by atoms with Gasteiger partial charge in [-0.25, -0.2) is 0 Å². The molecular weight excluding hydrogens is 467 g/mol. The fourth-order valence-electron chi connectivity index (χ4n) is 4.79. The molecule has 2 heterocycles. The molecule has 0 aromatic heterocycles. The number of piperidine rings is 1. The molecule has 3 rings (SSSR count). The van der Waals surface area contributed by atoms with E-state index in [4.69, 9.17) is 9.47 Å². The second-order valence-electron chi connectivity index (χ2n) is 8.80. The van der Waals surface area contributed by atoms with Gasteiger partial charge >= 0.3 is 0 Å². The number of aliphatic imine (C=N–C) groups is 1. The Labute approximate surface area is 188 Å². The van der Waals surface area contributed by atoms with Crippen LogP contribution in [0.15, 0.2) is 4.99 Å². The molecule has 3 aliphatic rings. The number of likely N-dealkylation sites (N-methyl/N-ethyl adjacent to an activating group) is 1. The maximum atomic E-state index is 6.22. The number of hydrogen-bond acceptors (Lipinski definition) is 4. The van der Waals surface area contributed by atoms with Gasteiger partial charge < -0.3 is 24.6 Å². The van der Waals surface area contributed by atoms with Gasteiger partial charge in [0, 0.05) is 52.0 Å². The Hall–Kier alpha value is -0.120. The molecule has 1 saturated carbocycles. The standard InChI is InChI=1S/C21H40N4O2.HI/c1-22-20(23-17-21(24(2)3)10-14-26-15-11-21)25-12-8-19(9-13-25)27-16-18-6-4-5-7-18;/h18-19H,4-17H2,1-3H3,(H,22,23);1H. The third kappa shape index (κ3) is 6.44. The van der Waals surface area contributed by atoms with E-state index in [1.165, 1.54) is 25.7 Å².